The molecule has 27 heavy (non-hydrogen) atoms. The number of amides is 1. The van der Waals surface area contributed by atoms with Crippen molar-refractivity contribution in [3.05, 3.63) is 107 Å². The molecule has 0 radical (unpaired) electrons. The van der Waals surface area contributed by atoms with Crippen LogP contribution in [-0.4, -0.2) is 18.4 Å². The quantitative estimate of drug-likeness (QED) is 0.675. The summed E-state index contributed by atoms with van der Waals surface area (Å²) >= 11 is 0. The molecule has 4 heteroatoms. The van der Waals surface area contributed by atoms with Crippen molar-refractivity contribution in [2.45, 2.75) is 13.0 Å². The topological polar surface area (TPSA) is 55.4 Å². The number of esters is 1. The summed E-state index contributed by atoms with van der Waals surface area (Å²) in [6, 6.07) is 26.2. The zero-order chi connectivity index (χ0) is 19.1. The van der Waals surface area contributed by atoms with Crippen LogP contribution in [0.5, 0.6) is 0 Å². The maximum atomic E-state index is 12.4. The Labute approximate surface area is 158 Å². The van der Waals surface area contributed by atoms with Gasteiger partial charge in [-0.2, -0.15) is 0 Å². The molecule has 0 saturated carbocycles. The number of hydrogen-bond donors (Lipinski definition) is 1. The van der Waals surface area contributed by atoms with Gasteiger partial charge in [-0.1, -0.05) is 78.4 Å². The maximum Gasteiger partial charge on any atom is 0.326 e. The first kappa shape index (κ1) is 18.4. The van der Waals surface area contributed by atoms with Crippen molar-refractivity contribution in [3.8, 4) is 0 Å². The van der Waals surface area contributed by atoms with Crippen LogP contribution in [0.1, 0.15) is 33.2 Å². The van der Waals surface area contributed by atoms with E-state index >= 15 is 0 Å². The number of rotatable bonds is 6. The Bertz CT molecular complexity index is 850. The average molecular weight is 359 g/mol. The lowest BCUT2D eigenvalue weighted by Crippen LogP contribution is -2.31. The number of carbonyl (C=O) groups is 2. The van der Waals surface area contributed by atoms with E-state index in [-0.39, 0.29) is 12.5 Å². The molecule has 3 aromatic rings. The SMILES string of the molecule is Cc1ccc(C(=O)NCC(=O)OC(c2ccccc2)c2ccccc2)cc1. The van der Waals surface area contributed by atoms with E-state index in [4.69, 9.17) is 4.74 Å². The highest BCUT2D eigenvalue weighted by Gasteiger charge is 2.19. The van der Waals surface area contributed by atoms with Gasteiger partial charge >= 0.3 is 5.97 Å². The van der Waals surface area contributed by atoms with E-state index < -0.39 is 12.1 Å². The van der Waals surface area contributed by atoms with Gasteiger partial charge < -0.3 is 10.1 Å². The van der Waals surface area contributed by atoms with E-state index in [1.807, 2.05) is 79.7 Å². The normalized spacial score (nSPS) is 10.4. The van der Waals surface area contributed by atoms with Gasteiger partial charge in [0, 0.05) is 5.56 Å². The third-order valence-corrected chi connectivity index (χ3v) is 4.16. The van der Waals surface area contributed by atoms with Gasteiger partial charge in [-0.3, -0.25) is 9.59 Å². The van der Waals surface area contributed by atoms with Crippen LogP contribution in [0.4, 0.5) is 0 Å². The number of nitrogens with one attached hydrogen (secondary N) is 1. The lowest BCUT2D eigenvalue weighted by atomic mass is 10.0. The van der Waals surface area contributed by atoms with E-state index in [1.54, 1.807) is 12.1 Å². The Morgan fingerprint density at radius 2 is 1.33 bits per heavy atom. The first-order valence-corrected chi connectivity index (χ1v) is 8.78. The minimum Gasteiger partial charge on any atom is -0.451 e. The van der Waals surface area contributed by atoms with E-state index in [0.29, 0.717) is 5.56 Å². The summed E-state index contributed by atoms with van der Waals surface area (Å²) < 4.78 is 5.67. The molecule has 0 atom stereocenters. The molecule has 0 aromatic heterocycles. The third kappa shape index (κ3) is 5.05. The molecule has 1 amide bonds. The molecular weight excluding hydrogens is 338 g/mol. The summed E-state index contributed by atoms with van der Waals surface area (Å²) in [5.41, 5.74) is 3.33. The van der Waals surface area contributed by atoms with Crippen LogP contribution in [0.15, 0.2) is 84.9 Å². The minimum atomic E-state index is -0.517. The fourth-order valence-electron chi connectivity index (χ4n) is 2.72. The van der Waals surface area contributed by atoms with E-state index in [9.17, 15) is 9.59 Å². The Hall–Kier alpha value is -3.40. The molecule has 136 valence electrons. The molecule has 0 saturated heterocycles. The Balaban J connectivity index is 1.66. The molecule has 0 aliphatic carbocycles. The van der Waals surface area contributed by atoms with Crippen molar-refractivity contribution >= 4 is 11.9 Å². The molecule has 0 unspecified atom stereocenters. The number of benzene rings is 3. The van der Waals surface area contributed by atoms with E-state index in [0.717, 1.165) is 16.7 Å². The highest BCUT2D eigenvalue weighted by Crippen LogP contribution is 2.25. The lowest BCUT2D eigenvalue weighted by Gasteiger charge is -2.19. The maximum absolute atomic E-state index is 12.4. The van der Waals surface area contributed by atoms with Gasteiger partial charge in [0.2, 0.25) is 0 Å². The Morgan fingerprint density at radius 3 is 1.85 bits per heavy atom. The standard InChI is InChI=1S/C23H21NO3/c1-17-12-14-20(15-13-17)23(26)24-16-21(25)27-22(18-8-4-2-5-9-18)19-10-6-3-7-11-19/h2-15,22H,16H2,1H3,(H,24,26). The van der Waals surface area contributed by atoms with Gasteiger partial charge in [-0.05, 0) is 30.2 Å². The predicted octanol–water partition coefficient (Wildman–Crippen LogP) is 4.06. The molecular formula is C23H21NO3. The molecule has 0 heterocycles. The molecule has 1 N–H and O–H groups in total. The smallest absolute Gasteiger partial charge is 0.326 e. The molecule has 0 aliphatic rings. The van der Waals surface area contributed by atoms with E-state index in [1.165, 1.54) is 0 Å². The second-order valence-electron chi connectivity index (χ2n) is 6.24. The van der Waals surface area contributed by atoms with Crippen molar-refractivity contribution < 1.29 is 14.3 Å². The van der Waals surface area contributed by atoms with E-state index in [2.05, 4.69) is 5.32 Å². The Morgan fingerprint density at radius 1 is 0.815 bits per heavy atom. The second-order valence-corrected chi connectivity index (χ2v) is 6.24. The second kappa shape index (κ2) is 8.81. The number of carbonyl (C=O) groups excluding carboxylic acids is 2. The highest BCUT2D eigenvalue weighted by atomic mass is 16.5. The van der Waals surface area contributed by atoms with Gasteiger partial charge in [0.15, 0.2) is 6.10 Å². The van der Waals surface area contributed by atoms with Crippen LogP contribution in [0.2, 0.25) is 0 Å². The fourth-order valence-corrected chi connectivity index (χ4v) is 2.72. The minimum absolute atomic E-state index is 0.192. The van der Waals surface area contributed by atoms with Crippen LogP contribution in [0.3, 0.4) is 0 Å². The molecule has 0 fully saturated rings. The lowest BCUT2D eigenvalue weighted by molar-refractivity contribution is -0.146. The van der Waals surface area contributed by atoms with Gasteiger partial charge in [-0.15, -0.1) is 0 Å². The van der Waals surface area contributed by atoms with Crippen molar-refractivity contribution in [2.24, 2.45) is 0 Å². The number of hydrogen-bond acceptors (Lipinski definition) is 3. The van der Waals surface area contributed by atoms with Crippen LogP contribution in [-0.2, 0) is 9.53 Å². The van der Waals surface area contributed by atoms with Gasteiger partial charge in [-0.25, -0.2) is 0 Å². The summed E-state index contributed by atoms with van der Waals surface area (Å²) in [6.07, 6.45) is -0.517. The summed E-state index contributed by atoms with van der Waals surface area (Å²) in [6.45, 7) is 1.76. The zero-order valence-electron chi connectivity index (χ0n) is 15.1. The fraction of sp³-hybridized carbons (Fsp3) is 0.130. The van der Waals surface area contributed by atoms with Crippen molar-refractivity contribution in [2.75, 3.05) is 6.54 Å². The first-order chi connectivity index (χ1) is 13.1. The van der Waals surface area contributed by atoms with Crippen molar-refractivity contribution in [3.63, 3.8) is 0 Å². The number of aryl methyl sites for hydroxylation is 1. The largest absolute Gasteiger partial charge is 0.451 e. The Kier molecular flexibility index (Phi) is 6.00. The third-order valence-electron chi connectivity index (χ3n) is 4.16. The average Bonchev–Trinajstić information content (AvgIpc) is 2.72. The molecule has 0 spiro atoms. The van der Waals surface area contributed by atoms with Crippen LogP contribution >= 0.6 is 0 Å². The molecule has 0 aliphatic heterocycles. The van der Waals surface area contributed by atoms with Crippen LogP contribution < -0.4 is 5.32 Å². The summed E-state index contributed by atoms with van der Waals surface area (Å²) in [7, 11) is 0. The van der Waals surface area contributed by atoms with Crippen molar-refractivity contribution in [1.82, 2.24) is 5.32 Å². The monoisotopic (exact) mass is 359 g/mol. The summed E-state index contributed by atoms with van der Waals surface area (Å²) in [4.78, 5) is 24.5. The summed E-state index contributed by atoms with van der Waals surface area (Å²) in [5, 5.41) is 2.61. The van der Waals surface area contributed by atoms with Crippen LogP contribution in [0, 0.1) is 6.92 Å². The van der Waals surface area contributed by atoms with Gasteiger partial charge in [0.05, 0.1) is 0 Å². The van der Waals surface area contributed by atoms with Gasteiger partial charge in [0.25, 0.3) is 5.91 Å². The number of ether oxygens (including phenoxy) is 1. The first-order valence-electron chi connectivity index (χ1n) is 8.78. The van der Waals surface area contributed by atoms with Gasteiger partial charge in [0.1, 0.15) is 6.54 Å². The van der Waals surface area contributed by atoms with Crippen LogP contribution in [0.25, 0.3) is 0 Å². The molecule has 3 aromatic carbocycles. The predicted molar refractivity (Wildman–Crippen MR) is 104 cm³/mol. The zero-order valence-corrected chi connectivity index (χ0v) is 15.1. The molecule has 0 bridgehead atoms. The molecule has 3 rings (SSSR count). The molecule has 4 nitrogen and oxygen atoms in total. The van der Waals surface area contributed by atoms with Crippen molar-refractivity contribution in [1.29, 1.82) is 0 Å². The summed E-state index contributed by atoms with van der Waals surface area (Å²) in [5.74, 6) is -0.795. The highest BCUT2D eigenvalue weighted by molar-refractivity contribution is 5.95.